The standard InChI is InChI=1S/C15H21ClN4O/c1-4-17-14(12-5-6-18-11(2)9-12)15-13(16)10-19-20(15)7-8-21-3/h5-6,9-10,14,17H,4,7-8H2,1-3H3. The lowest BCUT2D eigenvalue weighted by atomic mass is 10.0. The Morgan fingerprint density at radius 2 is 2.29 bits per heavy atom. The summed E-state index contributed by atoms with van der Waals surface area (Å²) in [7, 11) is 1.68. The van der Waals surface area contributed by atoms with Gasteiger partial charge in [0.2, 0.25) is 0 Å². The molecule has 1 unspecified atom stereocenters. The van der Waals surface area contributed by atoms with Crippen LogP contribution in [0.5, 0.6) is 0 Å². The van der Waals surface area contributed by atoms with Gasteiger partial charge in [0.25, 0.3) is 0 Å². The number of methoxy groups -OCH3 is 1. The number of hydrogen-bond acceptors (Lipinski definition) is 4. The van der Waals surface area contributed by atoms with Crippen molar-refractivity contribution in [3.63, 3.8) is 0 Å². The lowest BCUT2D eigenvalue weighted by molar-refractivity contribution is 0.182. The number of ether oxygens (including phenoxy) is 1. The highest BCUT2D eigenvalue weighted by molar-refractivity contribution is 6.31. The van der Waals surface area contributed by atoms with E-state index in [0.29, 0.717) is 18.2 Å². The van der Waals surface area contributed by atoms with Gasteiger partial charge in [-0.3, -0.25) is 9.67 Å². The SMILES string of the molecule is CCNC(c1ccnc(C)c1)c1c(Cl)cnn1CCOC. The second-order valence-electron chi connectivity index (χ2n) is 4.81. The molecule has 1 atom stereocenters. The van der Waals surface area contributed by atoms with Crippen molar-refractivity contribution in [2.45, 2.75) is 26.4 Å². The van der Waals surface area contributed by atoms with E-state index in [1.807, 2.05) is 23.9 Å². The fourth-order valence-corrected chi connectivity index (χ4v) is 2.59. The molecule has 0 aliphatic heterocycles. The molecule has 0 bridgehead atoms. The van der Waals surface area contributed by atoms with E-state index >= 15 is 0 Å². The normalized spacial score (nSPS) is 12.6. The Hall–Kier alpha value is -1.43. The highest BCUT2D eigenvalue weighted by Crippen LogP contribution is 2.28. The van der Waals surface area contributed by atoms with Crippen LogP contribution in [0.1, 0.15) is 29.9 Å². The summed E-state index contributed by atoms with van der Waals surface area (Å²) in [5.41, 5.74) is 3.07. The zero-order valence-corrected chi connectivity index (χ0v) is 13.4. The minimum absolute atomic E-state index is 0.0106. The van der Waals surface area contributed by atoms with Crippen molar-refractivity contribution in [1.82, 2.24) is 20.1 Å². The molecule has 2 aromatic heterocycles. The summed E-state index contributed by atoms with van der Waals surface area (Å²) in [6.07, 6.45) is 3.50. The summed E-state index contributed by atoms with van der Waals surface area (Å²) in [6, 6.07) is 4.06. The number of hydrogen-bond donors (Lipinski definition) is 1. The molecule has 0 spiro atoms. The van der Waals surface area contributed by atoms with E-state index in [1.54, 1.807) is 13.3 Å². The van der Waals surface area contributed by atoms with Gasteiger partial charge in [0.1, 0.15) is 0 Å². The van der Waals surface area contributed by atoms with E-state index in [9.17, 15) is 0 Å². The number of halogens is 1. The second-order valence-corrected chi connectivity index (χ2v) is 5.22. The lowest BCUT2D eigenvalue weighted by Crippen LogP contribution is -2.26. The van der Waals surface area contributed by atoms with Crippen molar-refractivity contribution >= 4 is 11.6 Å². The largest absolute Gasteiger partial charge is 0.383 e. The van der Waals surface area contributed by atoms with Crippen LogP contribution in [0.2, 0.25) is 5.02 Å². The minimum atomic E-state index is -0.0106. The van der Waals surface area contributed by atoms with E-state index in [-0.39, 0.29) is 6.04 Å². The molecule has 0 saturated heterocycles. The molecule has 2 rings (SSSR count). The van der Waals surface area contributed by atoms with Gasteiger partial charge in [0.05, 0.1) is 36.1 Å². The van der Waals surface area contributed by atoms with Crippen molar-refractivity contribution in [2.24, 2.45) is 0 Å². The molecular weight excluding hydrogens is 288 g/mol. The molecule has 114 valence electrons. The second kappa shape index (κ2) is 7.54. The average molecular weight is 309 g/mol. The predicted octanol–water partition coefficient (Wildman–Crippen LogP) is 2.59. The number of nitrogens with one attached hydrogen (secondary N) is 1. The Morgan fingerprint density at radius 3 is 2.95 bits per heavy atom. The van der Waals surface area contributed by atoms with Crippen LogP contribution >= 0.6 is 11.6 Å². The van der Waals surface area contributed by atoms with Crippen LogP contribution < -0.4 is 5.32 Å². The van der Waals surface area contributed by atoms with Crippen LogP contribution in [0.15, 0.2) is 24.5 Å². The van der Waals surface area contributed by atoms with Crippen molar-refractivity contribution in [1.29, 1.82) is 0 Å². The highest BCUT2D eigenvalue weighted by Gasteiger charge is 2.21. The van der Waals surface area contributed by atoms with Crippen LogP contribution in [0.25, 0.3) is 0 Å². The highest BCUT2D eigenvalue weighted by atomic mass is 35.5. The fraction of sp³-hybridized carbons (Fsp3) is 0.467. The van der Waals surface area contributed by atoms with Gasteiger partial charge >= 0.3 is 0 Å². The number of nitrogens with zero attached hydrogens (tertiary/aromatic N) is 3. The van der Waals surface area contributed by atoms with Gasteiger partial charge in [-0.25, -0.2) is 0 Å². The van der Waals surface area contributed by atoms with Crippen LogP contribution in [-0.4, -0.2) is 35.0 Å². The zero-order valence-electron chi connectivity index (χ0n) is 12.6. The molecule has 21 heavy (non-hydrogen) atoms. The summed E-state index contributed by atoms with van der Waals surface area (Å²) < 4.78 is 7.04. The summed E-state index contributed by atoms with van der Waals surface area (Å²) >= 11 is 6.36. The van der Waals surface area contributed by atoms with Gasteiger partial charge in [-0.1, -0.05) is 18.5 Å². The average Bonchev–Trinajstić information content (AvgIpc) is 2.83. The smallest absolute Gasteiger partial charge is 0.0837 e. The maximum Gasteiger partial charge on any atom is 0.0837 e. The summed E-state index contributed by atoms with van der Waals surface area (Å²) in [5.74, 6) is 0. The van der Waals surface area contributed by atoms with Gasteiger partial charge < -0.3 is 10.1 Å². The lowest BCUT2D eigenvalue weighted by Gasteiger charge is -2.21. The van der Waals surface area contributed by atoms with E-state index < -0.39 is 0 Å². The Balaban J connectivity index is 2.40. The number of rotatable bonds is 7. The topological polar surface area (TPSA) is 52.0 Å². The Labute approximate surface area is 130 Å². The van der Waals surface area contributed by atoms with Gasteiger partial charge in [-0.15, -0.1) is 0 Å². The van der Waals surface area contributed by atoms with E-state index in [0.717, 1.165) is 23.5 Å². The van der Waals surface area contributed by atoms with Crippen molar-refractivity contribution in [3.05, 3.63) is 46.5 Å². The summed E-state index contributed by atoms with van der Waals surface area (Å²) in [4.78, 5) is 4.25. The third-order valence-electron chi connectivity index (χ3n) is 3.28. The minimum Gasteiger partial charge on any atom is -0.383 e. The number of aromatic nitrogens is 3. The fourth-order valence-electron chi connectivity index (χ4n) is 2.34. The third kappa shape index (κ3) is 3.81. The van der Waals surface area contributed by atoms with Crippen LogP contribution in [-0.2, 0) is 11.3 Å². The summed E-state index contributed by atoms with van der Waals surface area (Å²) in [5, 5.41) is 8.48. The van der Waals surface area contributed by atoms with Crippen LogP contribution in [0, 0.1) is 6.92 Å². The van der Waals surface area contributed by atoms with Crippen molar-refractivity contribution in [3.8, 4) is 0 Å². The molecule has 2 aromatic rings. The van der Waals surface area contributed by atoms with Gasteiger partial charge in [-0.05, 0) is 31.2 Å². The molecule has 0 aliphatic carbocycles. The predicted molar refractivity (Wildman–Crippen MR) is 83.6 cm³/mol. The van der Waals surface area contributed by atoms with Gasteiger partial charge in [0.15, 0.2) is 0 Å². The molecule has 0 aromatic carbocycles. The van der Waals surface area contributed by atoms with Crippen LogP contribution in [0.4, 0.5) is 0 Å². The molecule has 0 aliphatic rings. The first-order valence-electron chi connectivity index (χ1n) is 7.03. The van der Waals surface area contributed by atoms with Crippen molar-refractivity contribution < 1.29 is 4.74 Å². The van der Waals surface area contributed by atoms with E-state index in [4.69, 9.17) is 16.3 Å². The first-order valence-corrected chi connectivity index (χ1v) is 7.41. The quantitative estimate of drug-likeness (QED) is 0.854. The van der Waals surface area contributed by atoms with Gasteiger partial charge in [0, 0.05) is 19.0 Å². The summed E-state index contributed by atoms with van der Waals surface area (Å²) in [6.45, 7) is 6.16. The monoisotopic (exact) mass is 308 g/mol. The van der Waals surface area contributed by atoms with E-state index in [1.165, 1.54) is 0 Å². The molecule has 0 radical (unpaired) electrons. The Bertz CT molecular complexity index is 585. The molecule has 2 heterocycles. The molecule has 6 heteroatoms. The maximum absolute atomic E-state index is 6.36. The number of pyridine rings is 1. The van der Waals surface area contributed by atoms with Crippen LogP contribution in [0.3, 0.4) is 0 Å². The number of aryl methyl sites for hydroxylation is 1. The molecule has 0 fully saturated rings. The zero-order chi connectivity index (χ0) is 15.2. The molecule has 5 nitrogen and oxygen atoms in total. The first-order chi connectivity index (χ1) is 10.2. The molecule has 1 N–H and O–H groups in total. The Kier molecular flexibility index (Phi) is 5.73. The van der Waals surface area contributed by atoms with Gasteiger partial charge in [-0.2, -0.15) is 5.10 Å². The first kappa shape index (κ1) is 15.9. The molecular formula is C15H21ClN4O. The maximum atomic E-state index is 6.36. The third-order valence-corrected chi connectivity index (χ3v) is 3.57. The Morgan fingerprint density at radius 1 is 1.48 bits per heavy atom. The molecule has 0 saturated carbocycles. The molecule has 0 amide bonds. The van der Waals surface area contributed by atoms with E-state index in [2.05, 4.69) is 28.4 Å². The van der Waals surface area contributed by atoms with Crippen molar-refractivity contribution in [2.75, 3.05) is 20.3 Å².